The summed E-state index contributed by atoms with van der Waals surface area (Å²) in [5.41, 5.74) is 1.98. The Balaban J connectivity index is 2.74. The molecule has 116 valence electrons. The summed E-state index contributed by atoms with van der Waals surface area (Å²) in [4.78, 5) is 10.6. The predicted molar refractivity (Wildman–Crippen MR) is 83.4 cm³/mol. The van der Waals surface area contributed by atoms with Gasteiger partial charge >= 0.3 is 5.97 Å². The number of carboxylic acid groups (broad SMARTS) is 1. The Morgan fingerprint density at radius 3 is 2.62 bits per heavy atom. The summed E-state index contributed by atoms with van der Waals surface area (Å²) < 4.78 is 10.9. The summed E-state index contributed by atoms with van der Waals surface area (Å²) >= 11 is 0. The van der Waals surface area contributed by atoms with E-state index in [9.17, 15) is 4.79 Å². The average Bonchev–Trinajstić information content (AvgIpc) is 2.40. The number of rotatable bonds is 7. The van der Waals surface area contributed by atoms with Crippen molar-refractivity contribution in [1.29, 1.82) is 0 Å². The van der Waals surface area contributed by atoms with Gasteiger partial charge in [-0.3, -0.25) is 0 Å². The number of hydrogen-bond donors (Lipinski definition) is 1. The highest BCUT2D eigenvalue weighted by atomic mass is 16.5. The minimum Gasteiger partial charge on any atom is -0.497 e. The molecule has 0 fully saturated rings. The molecule has 1 aromatic carbocycles. The third kappa shape index (κ3) is 6.95. The second kappa shape index (κ2) is 7.84. The highest BCUT2D eigenvalue weighted by molar-refractivity contribution is 5.85. The molecule has 4 nitrogen and oxygen atoms in total. The molecule has 0 radical (unpaired) electrons. The molecule has 0 heterocycles. The van der Waals surface area contributed by atoms with Crippen molar-refractivity contribution < 1.29 is 19.4 Å². The zero-order valence-corrected chi connectivity index (χ0v) is 13.2. The molecule has 4 heteroatoms. The van der Waals surface area contributed by atoms with Crippen molar-refractivity contribution in [2.24, 2.45) is 5.41 Å². The highest BCUT2D eigenvalue weighted by Gasteiger charge is 2.10. The summed E-state index contributed by atoms with van der Waals surface area (Å²) in [5.74, 6) is -0.234. The molecule has 0 aliphatic rings. The zero-order valence-electron chi connectivity index (χ0n) is 13.2. The van der Waals surface area contributed by atoms with Crippen LogP contribution in [0.15, 0.2) is 24.3 Å². The van der Waals surface area contributed by atoms with Gasteiger partial charge < -0.3 is 14.6 Å². The normalized spacial score (nSPS) is 11.8. The quantitative estimate of drug-likeness (QED) is 0.614. The van der Waals surface area contributed by atoms with Gasteiger partial charge in [0.1, 0.15) is 5.75 Å². The van der Waals surface area contributed by atoms with E-state index in [1.807, 2.05) is 12.1 Å². The van der Waals surface area contributed by atoms with Crippen LogP contribution in [0.5, 0.6) is 5.75 Å². The Morgan fingerprint density at radius 2 is 2.05 bits per heavy atom. The molecule has 0 saturated heterocycles. The second-order valence-electron chi connectivity index (χ2n) is 6.10. The molecule has 0 aliphatic heterocycles. The van der Waals surface area contributed by atoms with Crippen LogP contribution in [-0.2, 0) is 16.1 Å². The van der Waals surface area contributed by atoms with Gasteiger partial charge in [0.2, 0.25) is 0 Å². The number of methoxy groups -OCH3 is 1. The standard InChI is InChI=1S/C17H24O4/c1-17(2,3)9-10-21-12-14-11-15(20-4)7-5-13(14)6-8-16(18)19/h5-8,11H,9-10,12H2,1-4H3,(H,18,19). The molecule has 0 saturated carbocycles. The Bertz CT molecular complexity index is 498. The van der Waals surface area contributed by atoms with Crippen molar-refractivity contribution in [3.8, 4) is 5.75 Å². The van der Waals surface area contributed by atoms with Gasteiger partial charge in [-0.2, -0.15) is 0 Å². The van der Waals surface area contributed by atoms with E-state index in [2.05, 4.69) is 20.8 Å². The second-order valence-corrected chi connectivity index (χ2v) is 6.10. The number of carbonyl (C=O) groups is 1. The van der Waals surface area contributed by atoms with E-state index in [-0.39, 0.29) is 5.41 Å². The lowest BCUT2D eigenvalue weighted by Gasteiger charge is -2.18. The molecule has 1 aromatic rings. The van der Waals surface area contributed by atoms with Crippen molar-refractivity contribution in [2.75, 3.05) is 13.7 Å². The Kier molecular flexibility index (Phi) is 6.43. The molecule has 0 bridgehead atoms. The van der Waals surface area contributed by atoms with E-state index in [0.29, 0.717) is 13.2 Å². The minimum atomic E-state index is -0.967. The summed E-state index contributed by atoms with van der Waals surface area (Å²) in [6.45, 7) is 7.62. The smallest absolute Gasteiger partial charge is 0.328 e. The summed E-state index contributed by atoms with van der Waals surface area (Å²) in [6, 6.07) is 5.51. The van der Waals surface area contributed by atoms with Crippen LogP contribution in [0.3, 0.4) is 0 Å². The first-order valence-corrected chi connectivity index (χ1v) is 6.97. The lowest BCUT2D eigenvalue weighted by atomic mass is 9.93. The fraction of sp³-hybridized carbons (Fsp3) is 0.471. The van der Waals surface area contributed by atoms with Crippen LogP contribution in [0.25, 0.3) is 6.08 Å². The number of benzene rings is 1. The van der Waals surface area contributed by atoms with Gasteiger partial charge in [-0.1, -0.05) is 26.8 Å². The van der Waals surface area contributed by atoms with Crippen molar-refractivity contribution >= 4 is 12.0 Å². The van der Waals surface area contributed by atoms with Crippen LogP contribution >= 0.6 is 0 Å². The van der Waals surface area contributed by atoms with Gasteiger partial charge in [0, 0.05) is 12.7 Å². The lowest BCUT2D eigenvalue weighted by molar-refractivity contribution is -0.131. The van der Waals surface area contributed by atoms with Crippen LogP contribution in [-0.4, -0.2) is 24.8 Å². The monoisotopic (exact) mass is 292 g/mol. The Hall–Kier alpha value is -1.81. The number of carboxylic acids is 1. The van der Waals surface area contributed by atoms with Gasteiger partial charge in [0.05, 0.1) is 13.7 Å². The van der Waals surface area contributed by atoms with E-state index in [1.54, 1.807) is 19.3 Å². The fourth-order valence-electron chi connectivity index (χ4n) is 1.72. The molecule has 0 unspecified atom stereocenters. The SMILES string of the molecule is COc1ccc(C=CC(=O)O)c(COCCC(C)(C)C)c1. The minimum absolute atomic E-state index is 0.237. The zero-order chi connectivity index (χ0) is 15.9. The molecule has 0 aliphatic carbocycles. The number of aliphatic carboxylic acids is 1. The molecule has 1 N–H and O–H groups in total. The topological polar surface area (TPSA) is 55.8 Å². The molecule has 1 rings (SSSR count). The van der Waals surface area contributed by atoms with E-state index in [0.717, 1.165) is 29.4 Å². The van der Waals surface area contributed by atoms with Gasteiger partial charge in [-0.05, 0) is 41.2 Å². The van der Waals surface area contributed by atoms with Crippen LogP contribution < -0.4 is 4.74 Å². The van der Waals surface area contributed by atoms with E-state index in [4.69, 9.17) is 14.6 Å². The van der Waals surface area contributed by atoms with Gasteiger partial charge in [0.25, 0.3) is 0 Å². The van der Waals surface area contributed by atoms with Gasteiger partial charge in [-0.15, -0.1) is 0 Å². The van der Waals surface area contributed by atoms with E-state index < -0.39 is 5.97 Å². The van der Waals surface area contributed by atoms with Crippen LogP contribution in [0.1, 0.15) is 38.3 Å². The molecule has 21 heavy (non-hydrogen) atoms. The van der Waals surface area contributed by atoms with Gasteiger partial charge in [-0.25, -0.2) is 4.79 Å². The van der Waals surface area contributed by atoms with E-state index in [1.165, 1.54) is 0 Å². The van der Waals surface area contributed by atoms with E-state index >= 15 is 0 Å². The molecule has 0 amide bonds. The average molecular weight is 292 g/mol. The summed E-state index contributed by atoms with van der Waals surface area (Å²) in [7, 11) is 1.60. The van der Waals surface area contributed by atoms with Crippen molar-refractivity contribution in [3.05, 3.63) is 35.4 Å². The Labute approximate surface area is 126 Å². The lowest BCUT2D eigenvalue weighted by Crippen LogP contribution is -2.09. The fourth-order valence-corrected chi connectivity index (χ4v) is 1.72. The van der Waals surface area contributed by atoms with Crippen molar-refractivity contribution in [2.45, 2.75) is 33.8 Å². The first-order valence-electron chi connectivity index (χ1n) is 6.97. The molecule has 0 spiro atoms. The third-order valence-corrected chi connectivity index (χ3v) is 3.01. The number of hydrogen-bond acceptors (Lipinski definition) is 3. The maximum absolute atomic E-state index is 10.6. The van der Waals surface area contributed by atoms with Crippen molar-refractivity contribution in [3.63, 3.8) is 0 Å². The van der Waals surface area contributed by atoms with Crippen molar-refractivity contribution in [1.82, 2.24) is 0 Å². The first kappa shape index (κ1) is 17.2. The summed E-state index contributed by atoms with van der Waals surface area (Å²) in [5, 5.41) is 8.73. The Morgan fingerprint density at radius 1 is 1.33 bits per heavy atom. The third-order valence-electron chi connectivity index (χ3n) is 3.01. The maximum atomic E-state index is 10.6. The molecule has 0 aromatic heterocycles. The van der Waals surface area contributed by atoms with Crippen LogP contribution in [0.4, 0.5) is 0 Å². The molecule has 0 atom stereocenters. The first-order chi connectivity index (χ1) is 9.81. The molecular weight excluding hydrogens is 268 g/mol. The molecular formula is C17H24O4. The summed E-state index contributed by atoms with van der Waals surface area (Å²) in [6.07, 6.45) is 3.67. The van der Waals surface area contributed by atoms with Crippen LogP contribution in [0, 0.1) is 5.41 Å². The predicted octanol–water partition coefficient (Wildman–Crippen LogP) is 3.75. The van der Waals surface area contributed by atoms with Gasteiger partial charge in [0.15, 0.2) is 0 Å². The maximum Gasteiger partial charge on any atom is 0.328 e. The van der Waals surface area contributed by atoms with Crippen LogP contribution in [0.2, 0.25) is 0 Å². The highest BCUT2D eigenvalue weighted by Crippen LogP contribution is 2.21. The largest absolute Gasteiger partial charge is 0.497 e. The number of ether oxygens (including phenoxy) is 2.